The molecule has 0 spiro atoms. The van der Waals surface area contributed by atoms with Gasteiger partial charge in [0.1, 0.15) is 5.75 Å². The first-order valence-electron chi connectivity index (χ1n) is 7.96. The molecule has 0 bridgehead atoms. The number of carboxylic acids is 1. The molecule has 0 saturated carbocycles. The number of benzene rings is 2. The van der Waals surface area contributed by atoms with Crippen LogP contribution in [0.3, 0.4) is 0 Å². The first-order chi connectivity index (χ1) is 11.5. The van der Waals surface area contributed by atoms with Gasteiger partial charge in [-0.15, -0.1) is 0 Å². The van der Waals surface area contributed by atoms with Gasteiger partial charge in [0.25, 0.3) is 0 Å². The fraction of sp³-hybridized carbons (Fsp3) is 0.316. The second-order valence-corrected chi connectivity index (χ2v) is 9.05. The molecule has 0 radical (unpaired) electrons. The summed E-state index contributed by atoms with van der Waals surface area (Å²) in [6.07, 6.45) is 0.531. The van der Waals surface area contributed by atoms with Crippen LogP contribution in [0.1, 0.15) is 33.4 Å². The highest BCUT2D eigenvalue weighted by molar-refractivity contribution is 7.56. The van der Waals surface area contributed by atoms with Gasteiger partial charge in [0.15, 0.2) is 0 Å². The number of phenols is 1. The molecule has 1 atom stereocenters. The monoisotopic (exact) mass is 362 g/mol. The summed E-state index contributed by atoms with van der Waals surface area (Å²) in [6, 6.07) is 8.86. The van der Waals surface area contributed by atoms with Crippen molar-refractivity contribution in [3.8, 4) is 5.75 Å². The predicted octanol–water partition coefficient (Wildman–Crippen LogP) is 3.63. The van der Waals surface area contributed by atoms with E-state index in [0.717, 1.165) is 27.8 Å². The molecular weight excluding hydrogens is 339 g/mol. The Morgan fingerprint density at radius 2 is 1.68 bits per heavy atom. The van der Waals surface area contributed by atoms with Crippen molar-refractivity contribution >= 4 is 13.3 Å². The van der Waals surface area contributed by atoms with Gasteiger partial charge in [-0.2, -0.15) is 0 Å². The molecule has 6 heteroatoms. The fourth-order valence-electron chi connectivity index (χ4n) is 3.05. The lowest BCUT2D eigenvalue weighted by molar-refractivity contribution is -0.136. The summed E-state index contributed by atoms with van der Waals surface area (Å²) in [6.45, 7) is 5.27. The first kappa shape index (κ1) is 19.2. The van der Waals surface area contributed by atoms with E-state index in [1.807, 2.05) is 26.0 Å². The SMILES string of the molecule is Cc1cc(CP(C)(=O)O)cc(C)c1Cc1ccc(O)c(CC(=O)O)c1. The maximum atomic E-state index is 11.6. The van der Waals surface area contributed by atoms with Gasteiger partial charge >= 0.3 is 5.97 Å². The Labute approximate surface area is 147 Å². The molecule has 134 valence electrons. The third-order valence-electron chi connectivity index (χ3n) is 4.10. The van der Waals surface area contributed by atoms with E-state index in [0.29, 0.717) is 12.0 Å². The quantitative estimate of drug-likeness (QED) is 0.682. The molecule has 2 aromatic rings. The molecule has 0 aliphatic carbocycles. The highest BCUT2D eigenvalue weighted by Crippen LogP contribution is 2.40. The van der Waals surface area contributed by atoms with Crippen LogP contribution >= 0.6 is 7.37 Å². The Hall–Kier alpha value is -2.10. The largest absolute Gasteiger partial charge is 0.508 e. The van der Waals surface area contributed by atoms with E-state index < -0.39 is 13.3 Å². The summed E-state index contributed by atoms with van der Waals surface area (Å²) < 4.78 is 11.6. The Bertz CT molecular complexity index is 828. The summed E-state index contributed by atoms with van der Waals surface area (Å²) in [5, 5.41) is 18.7. The Balaban J connectivity index is 2.31. The summed E-state index contributed by atoms with van der Waals surface area (Å²) >= 11 is 0. The van der Waals surface area contributed by atoms with E-state index in [-0.39, 0.29) is 18.3 Å². The van der Waals surface area contributed by atoms with Crippen molar-refractivity contribution in [1.82, 2.24) is 0 Å². The second-order valence-electron chi connectivity index (χ2n) is 6.63. The zero-order chi connectivity index (χ0) is 18.8. The van der Waals surface area contributed by atoms with Crippen LogP contribution in [0, 0.1) is 13.8 Å². The van der Waals surface area contributed by atoms with Crippen molar-refractivity contribution in [1.29, 1.82) is 0 Å². The van der Waals surface area contributed by atoms with Crippen molar-refractivity contribution in [2.45, 2.75) is 32.9 Å². The number of aliphatic carboxylic acids is 1. The van der Waals surface area contributed by atoms with Crippen molar-refractivity contribution in [3.63, 3.8) is 0 Å². The molecule has 0 saturated heterocycles. The topological polar surface area (TPSA) is 94.8 Å². The molecule has 0 aromatic heterocycles. The number of hydrogen-bond donors (Lipinski definition) is 3. The van der Waals surface area contributed by atoms with Gasteiger partial charge < -0.3 is 15.1 Å². The van der Waals surface area contributed by atoms with Crippen LogP contribution in [-0.4, -0.2) is 27.7 Å². The molecule has 25 heavy (non-hydrogen) atoms. The molecule has 0 amide bonds. The molecule has 0 heterocycles. The van der Waals surface area contributed by atoms with Crippen LogP contribution < -0.4 is 0 Å². The smallest absolute Gasteiger partial charge is 0.307 e. The lowest BCUT2D eigenvalue weighted by Crippen LogP contribution is -2.02. The summed E-state index contributed by atoms with van der Waals surface area (Å²) in [7, 11) is -3.12. The lowest BCUT2D eigenvalue weighted by Gasteiger charge is -2.15. The summed E-state index contributed by atoms with van der Waals surface area (Å²) in [4.78, 5) is 20.5. The Kier molecular flexibility index (Phi) is 5.71. The second kappa shape index (κ2) is 7.42. The van der Waals surface area contributed by atoms with Crippen molar-refractivity contribution < 1.29 is 24.5 Å². The normalized spacial score (nSPS) is 13.4. The standard InChI is InChI=1S/C19H23O5P/c1-12-6-15(11-25(3,23)24)7-13(2)17(12)9-14-4-5-18(20)16(8-14)10-19(21)22/h4-8,20H,9-11H2,1-3H3,(H,21,22)(H,23,24). The van der Waals surface area contributed by atoms with Crippen LogP contribution in [0.5, 0.6) is 5.75 Å². The van der Waals surface area contributed by atoms with Gasteiger partial charge in [-0.25, -0.2) is 0 Å². The van der Waals surface area contributed by atoms with Crippen LogP contribution in [0.15, 0.2) is 30.3 Å². The van der Waals surface area contributed by atoms with Gasteiger partial charge in [-0.1, -0.05) is 24.3 Å². The van der Waals surface area contributed by atoms with Crippen molar-refractivity contribution in [2.75, 3.05) is 6.66 Å². The van der Waals surface area contributed by atoms with Crippen LogP contribution in [0.25, 0.3) is 0 Å². The minimum Gasteiger partial charge on any atom is -0.508 e. The predicted molar refractivity (Wildman–Crippen MR) is 97.6 cm³/mol. The minimum absolute atomic E-state index is 0.0171. The molecule has 0 fully saturated rings. The van der Waals surface area contributed by atoms with Crippen molar-refractivity contribution in [3.05, 3.63) is 63.7 Å². The molecule has 1 unspecified atom stereocenters. The number of aryl methyl sites for hydroxylation is 2. The minimum atomic E-state index is -3.12. The molecule has 0 aliphatic heterocycles. The van der Waals surface area contributed by atoms with Crippen LogP contribution in [-0.2, 0) is 28.4 Å². The molecule has 2 aromatic carbocycles. The molecule has 3 N–H and O–H groups in total. The number of rotatable bonds is 6. The van der Waals surface area contributed by atoms with Gasteiger partial charge in [-0.05, 0) is 54.2 Å². The molecule has 5 nitrogen and oxygen atoms in total. The third-order valence-corrected chi connectivity index (χ3v) is 5.05. The highest BCUT2D eigenvalue weighted by Gasteiger charge is 2.14. The zero-order valence-electron chi connectivity index (χ0n) is 14.6. The van der Waals surface area contributed by atoms with E-state index in [9.17, 15) is 19.4 Å². The van der Waals surface area contributed by atoms with Crippen LogP contribution in [0.2, 0.25) is 0 Å². The number of carboxylic acid groups (broad SMARTS) is 1. The van der Waals surface area contributed by atoms with Crippen molar-refractivity contribution in [2.24, 2.45) is 0 Å². The fourth-order valence-corrected chi connectivity index (χ4v) is 3.91. The Morgan fingerprint density at radius 3 is 2.20 bits per heavy atom. The van der Waals surface area contributed by atoms with Gasteiger partial charge in [0.2, 0.25) is 7.37 Å². The van der Waals surface area contributed by atoms with E-state index in [1.54, 1.807) is 12.1 Å². The average molecular weight is 362 g/mol. The van der Waals surface area contributed by atoms with Gasteiger partial charge in [0, 0.05) is 18.4 Å². The van der Waals surface area contributed by atoms with E-state index in [2.05, 4.69) is 0 Å². The first-order valence-corrected chi connectivity index (χ1v) is 10.2. The number of hydrogen-bond acceptors (Lipinski definition) is 3. The number of carbonyl (C=O) groups is 1. The third kappa shape index (κ3) is 5.45. The van der Waals surface area contributed by atoms with Gasteiger partial charge in [-0.3, -0.25) is 9.36 Å². The van der Waals surface area contributed by atoms with Crippen LogP contribution in [0.4, 0.5) is 0 Å². The molecule has 0 aliphatic rings. The number of aromatic hydroxyl groups is 1. The molecular formula is C19H23O5P. The summed E-state index contributed by atoms with van der Waals surface area (Å²) in [5.74, 6) is -1.01. The summed E-state index contributed by atoms with van der Waals surface area (Å²) in [5.41, 5.74) is 5.29. The lowest BCUT2D eigenvalue weighted by atomic mass is 9.93. The van der Waals surface area contributed by atoms with E-state index >= 15 is 0 Å². The number of phenolic OH excluding ortho intramolecular Hbond substituents is 1. The highest BCUT2D eigenvalue weighted by atomic mass is 31.2. The Morgan fingerprint density at radius 1 is 1.08 bits per heavy atom. The van der Waals surface area contributed by atoms with E-state index in [1.165, 1.54) is 12.7 Å². The zero-order valence-corrected chi connectivity index (χ0v) is 15.5. The maximum Gasteiger partial charge on any atom is 0.307 e. The maximum absolute atomic E-state index is 11.6. The molecule has 2 rings (SSSR count). The average Bonchev–Trinajstić information content (AvgIpc) is 2.44. The van der Waals surface area contributed by atoms with E-state index in [4.69, 9.17) is 5.11 Å². The van der Waals surface area contributed by atoms with Gasteiger partial charge in [0.05, 0.1) is 6.42 Å².